The van der Waals surface area contributed by atoms with Crippen LogP contribution >= 0.6 is 27.3 Å². The van der Waals surface area contributed by atoms with Crippen LogP contribution in [0.25, 0.3) is 10.1 Å². The van der Waals surface area contributed by atoms with Crippen molar-refractivity contribution < 1.29 is 4.79 Å². The number of anilines is 1. The third-order valence-corrected chi connectivity index (χ3v) is 3.76. The summed E-state index contributed by atoms with van der Waals surface area (Å²) in [7, 11) is 1.58. The van der Waals surface area contributed by atoms with E-state index in [2.05, 4.69) is 26.2 Å². The lowest BCUT2D eigenvalue weighted by Gasteiger charge is -1.97. The van der Waals surface area contributed by atoms with E-state index in [4.69, 9.17) is 5.73 Å². The van der Waals surface area contributed by atoms with Crippen molar-refractivity contribution in [3.8, 4) is 0 Å². The molecule has 0 aromatic carbocycles. The zero-order valence-electron chi connectivity index (χ0n) is 11.9. The maximum Gasteiger partial charge on any atom is 0.263 e. The average molecular weight is 346 g/mol. The minimum absolute atomic E-state index is 0.166. The highest BCUT2D eigenvalue weighted by atomic mass is 79.9. The van der Waals surface area contributed by atoms with E-state index >= 15 is 0 Å². The smallest absolute Gasteiger partial charge is 0.263 e. The Balaban J connectivity index is 0.000000741. The van der Waals surface area contributed by atoms with Gasteiger partial charge in [-0.3, -0.25) is 9.78 Å². The zero-order valence-corrected chi connectivity index (χ0v) is 14.3. The van der Waals surface area contributed by atoms with Crippen LogP contribution < -0.4 is 11.1 Å². The Kier molecular flexibility index (Phi) is 8.34. The van der Waals surface area contributed by atoms with Gasteiger partial charge in [0.05, 0.1) is 10.4 Å². The van der Waals surface area contributed by atoms with Crippen molar-refractivity contribution in [3.05, 3.63) is 21.7 Å². The summed E-state index contributed by atoms with van der Waals surface area (Å²) >= 11 is 4.71. The second-order valence-corrected chi connectivity index (χ2v) is 4.82. The van der Waals surface area contributed by atoms with Gasteiger partial charge in [0.25, 0.3) is 5.91 Å². The number of nitrogens with zero attached hydrogens (tertiary/aromatic N) is 1. The number of fused-ring (bicyclic) bond motifs is 1. The van der Waals surface area contributed by atoms with Gasteiger partial charge in [0, 0.05) is 29.3 Å². The number of nitrogens with one attached hydrogen (secondary N) is 1. The molecule has 2 rings (SSSR count). The van der Waals surface area contributed by atoms with Crippen LogP contribution in [0.3, 0.4) is 0 Å². The van der Waals surface area contributed by atoms with E-state index in [1.165, 1.54) is 11.3 Å². The number of hydrogen-bond donors (Lipinski definition) is 2. The predicted molar refractivity (Wildman–Crippen MR) is 87.8 cm³/mol. The molecule has 0 atom stereocenters. The van der Waals surface area contributed by atoms with E-state index in [-0.39, 0.29) is 5.91 Å². The predicted octanol–water partition coefficient (Wildman–Crippen LogP) is 4.05. The van der Waals surface area contributed by atoms with E-state index in [9.17, 15) is 4.79 Å². The maximum atomic E-state index is 11.5. The Morgan fingerprint density at radius 1 is 1.32 bits per heavy atom. The van der Waals surface area contributed by atoms with E-state index in [0.717, 1.165) is 14.6 Å². The molecule has 0 spiro atoms. The van der Waals surface area contributed by atoms with Crippen LogP contribution in [0.5, 0.6) is 0 Å². The van der Waals surface area contributed by atoms with Crippen molar-refractivity contribution in [2.24, 2.45) is 0 Å². The first-order valence-corrected chi connectivity index (χ1v) is 7.79. The minimum atomic E-state index is -0.166. The minimum Gasteiger partial charge on any atom is -0.397 e. The number of pyridine rings is 1. The summed E-state index contributed by atoms with van der Waals surface area (Å²) < 4.78 is 1.71. The van der Waals surface area contributed by atoms with Crippen LogP contribution in [0.4, 0.5) is 5.69 Å². The number of nitrogen functional groups attached to an aromatic ring is 1. The lowest BCUT2D eigenvalue weighted by Crippen LogP contribution is -2.17. The van der Waals surface area contributed by atoms with Crippen LogP contribution in [0.15, 0.2) is 16.9 Å². The van der Waals surface area contributed by atoms with Crippen molar-refractivity contribution >= 4 is 48.9 Å². The highest BCUT2D eigenvalue weighted by Crippen LogP contribution is 2.37. The van der Waals surface area contributed by atoms with Crippen LogP contribution in [0.1, 0.15) is 37.4 Å². The molecule has 0 bridgehead atoms. The molecule has 2 aromatic heterocycles. The number of halogens is 1. The SMILES string of the molecule is CC.CC.CNC(=O)c1sc2cncc(Br)c2c1N. The quantitative estimate of drug-likeness (QED) is 0.818. The van der Waals surface area contributed by atoms with Gasteiger partial charge in [0.1, 0.15) is 4.88 Å². The van der Waals surface area contributed by atoms with Crippen molar-refractivity contribution in [1.29, 1.82) is 0 Å². The Hall–Kier alpha value is -1.14. The molecule has 0 aliphatic heterocycles. The molecule has 0 aliphatic carbocycles. The lowest BCUT2D eigenvalue weighted by molar-refractivity contribution is 0.0968. The fourth-order valence-electron chi connectivity index (χ4n) is 1.32. The van der Waals surface area contributed by atoms with Crippen molar-refractivity contribution in [3.63, 3.8) is 0 Å². The van der Waals surface area contributed by atoms with Gasteiger partial charge in [0.15, 0.2) is 0 Å². The van der Waals surface area contributed by atoms with Crippen molar-refractivity contribution in [2.75, 3.05) is 12.8 Å². The summed E-state index contributed by atoms with van der Waals surface area (Å²) in [4.78, 5) is 16.1. The number of nitrogens with two attached hydrogens (primary N) is 1. The highest BCUT2D eigenvalue weighted by molar-refractivity contribution is 9.10. The van der Waals surface area contributed by atoms with E-state index in [1.54, 1.807) is 19.4 Å². The Bertz CT molecular complexity index is 540. The van der Waals surface area contributed by atoms with E-state index < -0.39 is 0 Å². The summed E-state index contributed by atoms with van der Waals surface area (Å²) in [6.45, 7) is 8.00. The third-order valence-electron chi connectivity index (χ3n) is 2.02. The molecular weight excluding hydrogens is 326 g/mol. The molecule has 2 aromatic rings. The first-order chi connectivity index (χ1) is 9.15. The molecular formula is C13H20BrN3OS. The summed E-state index contributed by atoms with van der Waals surface area (Å²) in [5.74, 6) is -0.166. The molecule has 3 N–H and O–H groups in total. The highest BCUT2D eigenvalue weighted by Gasteiger charge is 2.16. The fourth-order valence-corrected chi connectivity index (χ4v) is 3.06. The lowest BCUT2D eigenvalue weighted by atomic mass is 10.2. The molecule has 0 saturated carbocycles. The maximum absolute atomic E-state index is 11.5. The number of rotatable bonds is 1. The second-order valence-electron chi connectivity index (χ2n) is 2.92. The molecule has 19 heavy (non-hydrogen) atoms. The van der Waals surface area contributed by atoms with E-state index in [1.807, 2.05) is 27.7 Å². The topological polar surface area (TPSA) is 68.0 Å². The fraction of sp³-hybridized carbons (Fsp3) is 0.385. The van der Waals surface area contributed by atoms with Crippen LogP contribution in [-0.2, 0) is 0 Å². The third kappa shape index (κ3) is 3.91. The number of thiophene rings is 1. The molecule has 6 heteroatoms. The number of hydrogen-bond acceptors (Lipinski definition) is 4. The Labute approximate surface area is 126 Å². The van der Waals surface area contributed by atoms with Gasteiger partial charge in [-0.2, -0.15) is 0 Å². The molecule has 0 saturated heterocycles. The van der Waals surface area contributed by atoms with Crippen LogP contribution in [0, 0.1) is 0 Å². The molecule has 0 fully saturated rings. The molecule has 4 nitrogen and oxygen atoms in total. The largest absolute Gasteiger partial charge is 0.397 e. The first-order valence-electron chi connectivity index (χ1n) is 6.18. The first kappa shape index (κ1) is 17.9. The number of amides is 1. The van der Waals surface area contributed by atoms with Crippen LogP contribution in [0.2, 0.25) is 0 Å². The molecule has 0 aliphatic rings. The molecule has 2 heterocycles. The summed E-state index contributed by atoms with van der Waals surface area (Å²) in [6, 6.07) is 0. The summed E-state index contributed by atoms with van der Waals surface area (Å²) in [6.07, 6.45) is 3.37. The van der Waals surface area contributed by atoms with Gasteiger partial charge < -0.3 is 11.1 Å². The van der Waals surface area contributed by atoms with Crippen LogP contribution in [-0.4, -0.2) is 17.9 Å². The zero-order chi connectivity index (χ0) is 15.0. The van der Waals surface area contributed by atoms with Gasteiger partial charge in [0.2, 0.25) is 0 Å². The molecule has 0 radical (unpaired) electrons. The number of aromatic nitrogens is 1. The monoisotopic (exact) mass is 345 g/mol. The van der Waals surface area contributed by atoms with E-state index in [0.29, 0.717) is 10.6 Å². The summed E-state index contributed by atoms with van der Waals surface area (Å²) in [5.41, 5.74) is 6.41. The number of carbonyl (C=O) groups is 1. The average Bonchev–Trinajstić information content (AvgIpc) is 2.81. The normalized spacial score (nSPS) is 8.95. The van der Waals surface area contributed by atoms with Gasteiger partial charge in [-0.25, -0.2) is 0 Å². The standard InChI is InChI=1S/C9H8BrN3OS.2C2H6/c1-12-9(14)8-7(11)6-4(10)2-13-3-5(6)15-8;2*1-2/h2-3H,11H2,1H3,(H,12,14);2*1-2H3. The molecule has 1 amide bonds. The van der Waals surface area contributed by atoms with Gasteiger partial charge in [-0.15, -0.1) is 11.3 Å². The van der Waals surface area contributed by atoms with Gasteiger partial charge in [-0.1, -0.05) is 27.7 Å². The van der Waals surface area contributed by atoms with Gasteiger partial charge in [-0.05, 0) is 15.9 Å². The molecule has 106 valence electrons. The van der Waals surface area contributed by atoms with Crippen molar-refractivity contribution in [2.45, 2.75) is 27.7 Å². The second kappa shape index (κ2) is 8.87. The van der Waals surface area contributed by atoms with Gasteiger partial charge >= 0.3 is 0 Å². The van der Waals surface area contributed by atoms with Crippen molar-refractivity contribution in [1.82, 2.24) is 10.3 Å². The molecule has 0 unspecified atom stereocenters. The number of carbonyl (C=O) groups excluding carboxylic acids is 1. The summed E-state index contributed by atoms with van der Waals surface area (Å²) in [5, 5.41) is 3.41. The Morgan fingerprint density at radius 3 is 2.37 bits per heavy atom. The Morgan fingerprint density at radius 2 is 1.89 bits per heavy atom.